The summed E-state index contributed by atoms with van der Waals surface area (Å²) in [7, 11) is 0. The van der Waals surface area contributed by atoms with E-state index >= 15 is 0 Å². The normalized spacial score (nSPS) is 15.4. The molecule has 0 saturated heterocycles. The molecular formula is C26H29F3N4. The molecule has 1 unspecified atom stereocenters. The predicted octanol–water partition coefficient (Wildman–Crippen LogP) is 8.15. The van der Waals surface area contributed by atoms with Gasteiger partial charge in [-0.1, -0.05) is 51.0 Å². The molecule has 7 heteroatoms. The maximum Gasteiger partial charge on any atom is 0.421 e. The predicted molar refractivity (Wildman–Crippen MR) is 126 cm³/mol. The lowest BCUT2D eigenvalue weighted by atomic mass is 9.98. The lowest BCUT2D eigenvalue weighted by Gasteiger charge is -2.16. The van der Waals surface area contributed by atoms with Gasteiger partial charge in [0.25, 0.3) is 0 Å². The summed E-state index contributed by atoms with van der Waals surface area (Å²) in [5.41, 5.74) is 2.81. The molecule has 2 N–H and O–H groups in total. The van der Waals surface area contributed by atoms with E-state index in [0.717, 1.165) is 23.9 Å². The summed E-state index contributed by atoms with van der Waals surface area (Å²) < 4.78 is 40.7. The number of hydrogen-bond donors (Lipinski definition) is 2. The number of rotatable bonds is 7. The van der Waals surface area contributed by atoms with Gasteiger partial charge in [0.05, 0.1) is 0 Å². The first-order valence-electron chi connectivity index (χ1n) is 11.5. The Morgan fingerprint density at radius 2 is 1.55 bits per heavy atom. The van der Waals surface area contributed by atoms with Crippen molar-refractivity contribution in [3.8, 4) is 0 Å². The summed E-state index contributed by atoms with van der Waals surface area (Å²) in [6, 6.07) is 15.4. The van der Waals surface area contributed by atoms with E-state index in [9.17, 15) is 13.2 Å². The SMILES string of the molecule is CCC(C)c1ccc(Nc2nc(Nc3ccc(C4CCCC4)cc3)ncc2C(F)(F)F)cc1. The van der Waals surface area contributed by atoms with Gasteiger partial charge in [0.1, 0.15) is 11.4 Å². The van der Waals surface area contributed by atoms with Crippen LogP contribution in [0.4, 0.5) is 36.3 Å². The number of nitrogens with zero attached hydrogens (tertiary/aromatic N) is 2. The molecule has 0 spiro atoms. The van der Waals surface area contributed by atoms with E-state index in [4.69, 9.17) is 0 Å². The van der Waals surface area contributed by atoms with Gasteiger partial charge in [0.2, 0.25) is 5.95 Å². The number of anilines is 4. The number of aromatic nitrogens is 2. The van der Waals surface area contributed by atoms with Crippen molar-refractivity contribution in [1.82, 2.24) is 9.97 Å². The first-order chi connectivity index (χ1) is 15.8. The number of nitrogens with one attached hydrogen (secondary N) is 2. The van der Waals surface area contributed by atoms with Crippen LogP contribution in [0.25, 0.3) is 0 Å². The number of benzene rings is 2. The van der Waals surface area contributed by atoms with Crippen LogP contribution in [0.3, 0.4) is 0 Å². The molecule has 1 aromatic heterocycles. The summed E-state index contributed by atoms with van der Waals surface area (Å²) in [5, 5.41) is 5.85. The Morgan fingerprint density at radius 3 is 2.15 bits per heavy atom. The van der Waals surface area contributed by atoms with Gasteiger partial charge in [-0.15, -0.1) is 0 Å². The van der Waals surface area contributed by atoms with Crippen LogP contribution in [0.2, 0.25) is 0 Å². The van der Waals surface area contributed by atoms with Crippen molar-refractivity contribution in [2.24, 2.45) is 0 Å². The molecule has 0 radical (unpaired) electrons. The molecule has 0 amide bonds. The van der Waals surface area contributed by atoms with Gasteiger partial charge in [-0.3, -0.25) is 0 Å². The molecule has 0 aliphatic heterocycles. The smallest absolute Gasteiger partial charge is 0.340 e. The molecule has 2 aromatic carbocycles. The summed E-state index contributed by atoms with van der Waals surface area (Å²) in [6.07, 6.45) is 2.19. The van der Waals surface area contributed by atoms with E-state index in [2.05, 4.69) is 46.6 Å². The highest BCUT2D eigenvalue weighted by Crippen LogP contribution is 2.36. The fourth-order valence-electron chi connectivity index (χ4n) is 4.24. The standard InChI is InChI=1S/C26H29F3N4/c1-3-17(2)18-8-12-21(13-9-18)31-24-23(26(27,28)29)16-30-25(33-24)32-22-14-10-20(11-15-22)19-6-4-5-7-19/h8-17,19H,3-7H2,1-2H3,(H2,30,31,32,33). The molecule has 1 heterocycles. The molecule has 1 atom stereocenters. The molecule has 4 rings (SSSR count). The molecule has 4 nitrogen and oxygen atoms in total. The van der Waals surface area contributed by atoms with Crippen LogP contribution in [-0.4, -0.2) is 9.97 Å². The van der Waals surface area contributed by atoms with Crippen LogP contribution in [-0.2, 0) is 6.18 Å². The van der Waals surface area contributed by atoms with Gasteiger partial charge < -0.3 is 10.6 Å². The number of alkyl halides is 3. The van der Waals surface area contributed by atoms with Crippen molar-refractivity contribution >= 4 is 23.1 Å². The Labute approximate surface area is 192 Å². The largest absolute Gasteiger partial charge is 0.421 e. The Morgan fingerprint density at radius 1 is 0.939 bits per heavy atom. The molecule has 1 aliphatic carbocycles. The third-order valence-electron chi connectivity index (χ3n) is 6.44. The Hall–Kier alpha value is -3.09. The zero-order valence-electron chi connectivity index (χ0n) is 18.9. The van der Waals surface area contributed by atoms with Crippen molar-refractivity contribution in [2.75, 3.05) is 10.6 Å². The minimum atomic E-state index is -4.57. The van der Waals surface area contributed by atoms with Gasteiger partial charge in [-0.2, -0.15) is 18.2 Å². The third-order valence-corrected chi connectivity index (χ3v) is 6.44. The maximum absolute atomic E-state index is 13.6. The van der Waals surface area contributed by atoms with Crippen LogP contribution in [0.15, 0.2) is 54.7 Å². The highest BCUT2D eigenvalue weighted by molar-refractivity contribution is 5.63. The van der Waals surface area contributed by atoms with E-state index < -0.39 is 11.7 Å². The van der Waals surface area contributed by atoms with Gasteiger partial charge in [-0.25, -0.2) is 4.98 Å². The molecule has 33 heavy (non-hydrogen) atoms. The van der Waals surface area contributed by atoms with E-state index in [0.29, 0.717) is 17.5 Å². The average Bonchev–Trinajstić information content (AvgIpc) is 3.34. The highest BCUT2D eigenvalue weighted by atomic mass is 19.4. The van der Waals surface area contributed by atoms with Gasteiger partial charge in [-0.05, 0) is 66.5 Å². The Bertz CT molecular complexity index is 1060. The van der Waals surface area contributed by atoms with Crippen molar-refractivity contribution in [3.63, 3.8) is 0 Å². The van der Waals surface area contributed by atoms with Gasteiger partial charge in [0.15, 0.2) is 0 Å². The Kier molecular flexibility index (Phi) is 6.86. The minimum Gasteiger partial charge on any atom is -0.340 e. The summed E-state index contributed by atoms with van der Waals surface area (Å²) in [6.45, 7) is 4.22. The van der Waals surface area contributed by atoms with Crippen LogP contribution < -0.4 is 10.6 Å². The lowest BCUT2D eigenvalue weighted by Crippen LogP contribution is -2.12. The third kappa shape index (κ3) is 5.64. The van der Waals surface area contributed by atoms with Crippen LogP contribution in [0.1, 0.15) is 74.5 Å². The second-order valence-corrected chi connectivity index (χ2v) is 8.74. The zero-order chi connectivity index (χ0) is 23.4. The van der Waals surface area contributed by atoms with Crippen molar-refractivity contribution in [2.45, 2.75) is 64.0 Å². The highest BCUT2D eigenvalue weighted by Gasteiger charge is 2.35. The zero-order valence-corrected chi connectivity index (χ0v) is 18.9. The number of hydrogen-bond acceptors (Lipinski definition) is 4. The van der Waals surface area contributed by atoms with E-state index in [1.807, 2.05) is 24.3 Å². The second kappa shape index (κ2) is 9.81. The van der Waals surface area contributed by atoms with E-state index in [1.54, 1.807) is 12.1 Å². The first-order valence-corrected chi connectivity index (χ1v) is 11.5. The van der Waals surface area contributed by atoms with Crippen molar-refractivity contribution in [3.05, 3.63) is 71.4 Å². The molecule has 174 valence electrons. The molecule has 3 aromatic rings. The average molecular weight is 455 g/mol. The monoisotopic (exact) mass is 454 g/mol. The molecule has 1 fully saturated rings. The van der Waals surface area contributed by atoms with Gasteiger partial charge >= 0.3 is 6.18 Å². The maximum atomic E-state index is 13.6. The summed E-state index contributed by atoms with van der Waals surface area (Å²) in [4.78, 5) is 8.06. The van der Waals surface area contributed by atoms with E-state index in [1.165, 1.54) is 31.2 Å². The quantitative estimate of drug-likeness (QED) is 0.378. The molecule has 1 saturated carbocycles. The molecular weight excluding hydrogens is 425 g/mol. The van der Waals surface area contributed by atoms with Gasteiger partial charge in [0, 0.05) is 17.6 Å². The molecule has 1 aliphatic rings. The van der Waals surface area contributed by atoms with Crippen LogP contribution >= 0.6 is 0 Å². The van der Waals surface area contributed by atoms with Crippen LogP contribution in [0.5, 0.6) is 0 Å². The minimum absolute atomic E-state index is 0.107. The fourth-order valence-corrected chi connectivity index (χ4v) is 4.24. The van der Waals surface area contributed by atoms with Crippen molar-refractivity contribution < 1.29 is 13.2 Å². The van der Waals surface area contributed by atoms with Crippen LogP contribution in [0, 0.1) is 0 Å². The summed E-state index contributed by atoms with van der Waals surface area (Å²) >= 11 is 0. The number of halogens is 3. The lowest BCUT2D eigenvalue weighted by molar-refractivity contribution is -0.137. The second-order valence-electron chi connectivity index (χ2n) is 8.74. The Balaban J connectivity index is 1.54. The molecule has 0 bridgehead atoms. The summed E-state index contributed by atoms with van der Waals surface area (Å²) in [5.74, 6) is 0.817. The van der Waals surface area contributed by atoms with Crippen molar-refractivity contribution in [1.29, 1.82) is 0 Å². The first kappa shape index (κ1) is 23.1. The fraction of sp³-hybridized carbons (Fsp3) is 0.385. The topological polar surface area (TPSA) is 49.8 Å². The van der Waals surface area contributed by atoms with E-state index in [-0.39, 0.29) is 11.8 Å².